The molecule has 1 saturated heterocycles. The number of aliphatic hydroxyl groups excluding tert-OH is 1. The van der Waals surface area contributed by atoms with Gasteiger partial charge in [0.25, 0.3) is 5.91 Å². The molecular weight excluding hydrogens is 321 g/mol. The van der Waals surface area contributed by atoms with Crippen LogP contribution in [0.1, 0.15) is 54.8 Å². The number of hydrogen-bond donors (Lipinski definition) is 1. The van der Waals surface area contributed by atoms with Crippen molar-refractivity contribution in [3.63, 3.8) is 0 Å². The molecule has 0 saturated carbocycles. The molecule has 2 aromatic rings. The van der Waals surface area contributed by atoms with Crippen LogP contribution in [0, 0.1) is 12.7 Å². The first-order valence-electron chi connectivity index (χ1n) is 8.48. The zero-order chi connectivity index (χ0) is 18.4. The Balaban J connectivity index is 1.92. The summed E-state index contributed by atoms with van der Waals surface area (Å²) >= 11 is 0. The summed E-state index contributed by atoms with van der Waals surface area (Å²) in [5, 5.41) is 14.6. The number of β-amino-alcohol motifs (C(OH)–C–C–N with tert-alkyl or cyclic N) is 1. The molecule has 1 aromatic carbocycles. The van der Waals surface area contributed by atoms with Gasteiger partial charge in [-0.05, 0) is 51.8 Å². The van der Waals surface area contributed by atoms with Gasteiger partial charge in [0.2, 0.25) is 0 Å². The number of benzene rings is 1. The predicted molar refractivity (Wildman–Crippen MR) is 92.8 cm³/mol. The lowest BCUT2D eigenvalue weighted by Gasteiger charge is -2.24. The summed E-state index contributed by atoms with van der Waals surface area (Å²) in [5.41, 5.74) is 1.81. The lowest BCUT2D eigenvalue weighted by atomic mass is 10.0. The Kier molecular flexibility index (Phi) is 4.41. The molecule has 1 aliphatic heterocycles. The normalized spacial score (nSPS) is 21.0. The van der Waals surface area contributed by atoms with E-state index in [1.807, 2.05) is 27.7 Å². The molecule has 134 valence electrons. The Morgan fingerprint density at radius 1 is 1.28 bits per heavy atom. The molecule has 0 spiro atoms. The zero-order valence-corrected chi connectivity index (χ0v) is 15.0. The Hall–Kier alpha value is -2.21. The highest BCUT2D eigenvalue weighted by atomic mass is 19.1. The van der Waals surface area contributed by atoms with Gasteiger partial charge in [0.15, 0.2) is 0 Å². The van der Waals surface area contributed by atoms with Gasteiger partial charge in [-0.1, -0.05) is 12.1 Å². The summed E-state index contributed by atoms with van der Waals surface area (Å²) in [6, 6.07) is 5.84. The summed E-state index contributed by atoms with van der Waals surface area (Å²) < 4.78 is 15.0. The third-order valence-electron chi connectivity index (χ3n) is 4.61. The molecule has 1 N–H and O–H groups in total. The minimum atomic E-state index is -0.586. The molecule has 5 nitrogen and oxygen atoms in total. The van der Waals surface area contributed by atoms with Gasteiger partial charge >= 0.3 is 0 Å². The highest BCUT2D eigenvalue weighted by molar-refractivity contribution is 5.95. The Labute approximate surface area is 147 Å². The van der Waals surface area contributed by atoms with Crippen molar-refractivity contribution in [3.8, 4) is 0 Å². The number of aromatic nitrogens is 2. The summed E-state index contributed by atoms with van der Waals surface area (Å²) in [4.78, 5) is 14.8. The third-order valence-corrected chi connectivity index (χ3v) is 4.61. The lowest BCUT2D eigenvalue weighted by Crippen LogP contribution is -2.32. The molecule has 2 atom stereocenters. The van der Waals surface area contributed by atoms with Crippen LogP contribution in [0.25, 0.3) is 0 Å². The van der Waals surface area contributed by atoms with Crippen LogP contribution in [-0.4, -0.2) is 38.3 Å². The van der Waals surface area contributed by atoms with Gasteiger partial charge in [0.1, 0.15) is 5.82 Å². The Bertz CT molecular complexity index is 777. The van der Waals surface area contributed by atoms with E-state index in [1.165, 1.54) is 12.1 Å². The van der Waals surface area contributed by atoms with Crippen LogP contribution in [0.3, 0.4) is 0 Å². The SMILES string of the molecule is Cc1nn(C(C)(C)C)cc1C(=O)N1C[C@@H](O)C[C@@H]1c1ccc(F)cc1. The summed E-state index contributed by atoms with van der Waals surface area (Å²) in [5.74, 6) is -0.471. The number of carbonyl (C=O) groups excluding carboxylic acids is 1. The number of halogens is 1. The Morgan fingerprint density at radius 3 is 2.48 bits per heavy atom. The van der Waals surface area contributed by atoms with Gasteiger partial charge in [-0.25, -0.2) is 4.39 Å². The molecule has 2 heterocycles. The van der Waals surface area contributed by atoms with E-state index in [0.717, 1.165) is 5.56 Å². The van der Waals surface area contributed by atoms with E-state index < -0.39 is 6.10 Å². The van der Waals surface area contributed by atoms with Crippen molar-refractivity contribution in [2.75, 3.05) is 6.54 Å². The van der Waals surface area contributed by atoms with Crippen molar-refractivity contribution < 1.29 is 14.3 Å². The fraction of sp³-hybridized carbons (Fsp3) is 0.474. The molecule has 0 unspecified atom stereocenters. The molecular formula is C19H24FN3O2. The van der Waals surface area contributed by atoms with Crippen molar-refractivity contribution in [1.82, 2.24) is 14.7 Å². The number of likely N-dealkylation sites (tertiary alicyclic amines) is 1. The van der Waals surface area contributed by atoms with Crippen LogP contribution >= 0.6 is 0 Å². The van der Waals surface area contributed by atoms with Crippen LogP contribution in [0.2, 0.25) is 0 Å². The summed E-state index contributed by atoms with van der Waals surface area (Å²) in [6.45, 7) is 8.15. The van der Waals surface area contributed by atoms with Gasteiger partial charge in [-0.3, -0.25) is 9.48 Å². The number of rotatable bonds is 2. The van der Waals surface area contributed by atoms with E-state index >= 15 is 0 Å². The molecule has 6 heteroatoms. The first kappa shape index (κ1) is 17.6. The number of aryl methyl sites for hydroxylation is 1. The van der Waals surface area contributed by atoms with E-state index in [0.29, 0.717) is 17.7 Å². The maximum atomic E-state index is 13.2. The number of carbonyl (C=O) groups is 1. The first-order chi connectivity index (χ1) is 11.7. The van der Waals surface area contributed by atoms with Crippen LogP contribution in [0.15, 0.2) is 30.5 Å². The van der Waals surface area contributed by atoms with Gasteiger partial charge in [-0.2, -0.15) is 5.10 Å². The molecule has 25 heavy (non-hydrogen) atoms. The second-order valence-electron chi connectivity index (χ2n) is 7.66. The zero-order valence-electron chi connectivity index (χ0n) is 15.0. The fourth-order valence-electron chi connectivity index (χ4n) is 3.21. The average Bonchev–Trinajstić information content (AvgIpc) is 3.10. The van der Waals surface area contributed by atoms with Gasteiger partial charge in [-0.15, -0.1) is 0 Å². The van der Waals surface area contributed by atoms with Crippen molar-refractivity contribution in [2.24, 2.45) is 0 Å². The van der Waals surface area contributed by atoms with Crippen molar-refractivity contribution >= 4 is 5.91 Å². The van der Waals surface area contributed by atoms with Crippen molar-refractivity contribution in [2.45, 2.75) is 51.8 Å². The third kappa shape index (κ3) is 3.44. The van der Waals surface area contributed by atoms with E-state index in [2.05, 4.69) is 5.10 Å². The molecule has 1 fully saturated rings. The standard InChI is InChI=1S/C19H24FN3O2/c1-12-16(11-23(21-12)19(2,3)4)18(25)22-10-15(24)9-17(22)13-5-7-14(20)8-6-13/h5-8,11,15,17,24H,9-10H2,1-4H3/t15-,17+/m0/s1. The average molecular weight is 345 g/mol. The largest absolute Gasteiger partial charge is 0.391 e. The fourth-order valence-corrected chi connectivity index (χ4v) is 3.21. The maximum absolute atomic E-state index is 13.2. The predicted octanol–water partition coefficient (Wildman–Crippen LogP) is 3.03. The van der Waals surface area contributed by atoms with Gasteiger partial charge in [0.05, 0.1) is 28.9 Å². The minimum absolute atomic E-state index is 0.154. The summed E-state index contributed by atoms with van der Waals surface area (Å²) in [7, 11) is 0. The quantitative estimate of drug-likeness (QED) is 0.910. The van der Waals surface area contributed by atoms with Crippen LogP contribution in [0.4, 0.5) is 4.39 Å². The number of amides is 1. The van der Waals surface area contributed by atoms with Crippen LogP contribution in [0.5, 0.6) is 0 Å². The minimum Gasteiger partial charge on any atom is -0.391 e. The number of aliphatic hydroxyl groups is 1. The smallest absolute Gasteiger partial charge is 0.257 e. The van der Waals surface area contributed by atoms with Crippen LogP contribution < -0.4 is 0 Å². The van der Waals surface area contributed by atoms with E-state index in [9.17, 15) is 14.3 Å². The molecule has 1 aliphatic rings. The Morgan fingerprint density at radius 2 is 1.92 bits per heavy atom. The van der Waals surface area contributed by atoms with Gasteiger partial charge in [0, 0.05) is 12.7 Å². The van der Waals surface area contributed by atoms with E-state index in [-0.39, 0.29) is 29.8 Å². The molecule has 0 aliphatic carbocycles. The lowest BCUT2D eigenvalue weighted by molar-refractivity contribution is 0.0715. The summed E-state index contributed by atoms with van der Waals surface area (Å²) in [6.07, 6.45) is 1.63. The second kappa shape index (κ2) is 6.26. The second-order valence-corrected chi connectivity index (χ2v) is 7.66. The highest BCUT2D eigenvalue weighted by Gasteiger charge is 2.37. The molecule has 1 aromatic heterocycles. The maximum Gasteiger partial charge on any atom is 0.257 e. The van der Waals surface area contributed by atoms with Crippen LogP contribution in [-0.2, 0) is 5.54 Å². The monoisotopic (exact) mass is 345 g/mol. The molecule has 1 amide bonds. The van der Waals surface area contributed by atoms with E-state index in [4.69, 9.17) is 0 Å². The number of hydrogen-bond acceptors (Lipinski definition) is 3. The van der Waals surface area contributed by atoms with E-state index in [1.54, 1.807) is 27.9 Å². The van der Waals surface area contributed by atoms with Gasteiger partial charge < -0.3 is 10.0 Å². The van der Waals surface area contributed by atoms with Crippen molar-refractivity contribution in [1.29, 1.82) is 0 Å². The molecule has 0 radical (unpaired) electrons. The van der Waals surface area contributed by atoms with Crippen molar-refractivity contribution in [3.05, 3.63) is 53.1 Å². The number of nitrogens with zero attached hydrogens (tertiary/aromatic N) is 3. The molecule has 3 rings (SSSR count). The molecule has 0 bridgehead atoms. The first-order valence-corrected chi connectivity index (χ1v) is 8.48. The highest BCUT2D eigenvalue weighted by Crippen LogP contribution is 2.34. The topological polar surface area (TPSA) is 58.4 Å².